The van der Waals surface area contributed by atoms with Crippen molar-refractivity contribution in [1.29, 1.82) is 0 Å². The predicted molar refractivity (Wildman–Crippen MR) is 87.2 cm³/mol. The standard InChI is InChI=1S/C15H30N6/c1-5-8-9-13(6-2)10-17-15(16-4)18-11-14-20-19-12-21(14)7-3/h12-13H,5-11H2,1-4H3,(H2,16,17,18). The second-order valence-electron chi connectivity index (χ2n) is 5.26. The second kappa shape index (κ2) is 10.2. The van der Waals surface area contributed by atoms with E-state index in [1.165, 1.54) is 25.7 Å². The number of aliphatic imine (C=N–C) groups is 1. The molecule has 21 heavy (non-hydrogen) atoms. The van der Waals surface area contributed by atoms with Crippen LogP contribution in [-0.4, -0.2) is 34.3 Å². The maximum Gasteiger partial charge on any atom is 0.191 e. The number of nitrogens with one attached hydrogen (secondary N) is 2. The normalized spacial score (nSPS) is 13.2. The zero-order chi connectivity index (χ0) is 15.5. The lowest BCUT2D eigenvalue weighted by Gasteiger charge is -2.18. The summed E-state index contributed by atoms with van der Waals surface area (Å²) in [5, 5.41) is 14.8. The zero-order valence-electron chi connectivity index (χ0n) is 13.9. The van der Waals surface area contributed by atoms with Crippen molar-refractivity contribution in [2.75, 3.05) is 13.6 Å². The number of guanidine groups is 1. The van der Waals surface area contributed by atoms with Crippen LogP contribution >= 0.6 is 0 Å². The molecule has 0 aliphatic rings. The Kier molecular flexibility index (Phi) is 8.47. The lowest BCUT2D eigenvalue weighted by molar-refractivity contribution is 0.443. The third kappa shape index (κ3) is 6.14. The highest BCUT2D eigenvalue weighted by molar-refractivity contribution is 5.79. The third-order valence-electron chi connectivity index (χ3n) is 3.78. The lowest BCUT2D eigenvalue weighted by Crippen LogP contribution is -2.39. The molecule has 120 valence electrons. The summed E-state index contributed by atoms with van der Waals surface area (Å²) in [5.74, 6) is 2.47. The minimum Gasteiger partial charge on any atom is -0.356 e. The Morgan fingerprint density at radius 1 is 1.33 bits per heavy atom. The van der Waals surface area contributed by atoms with Gasteiger partial charge in [-0.15, -0.1) is 10.2 Å². The zero-order valence-corrected chi connectivity index (χ0v) is 13.9. The SMILES string of the molecule is CCCCC(CC)CNC(=NC)NCc1nncn1CC. The average Bonchev–Trinajstić information content (AvgIpc) is 2.97. The van der Waals surface area contributed by atoms with Crippen molar-refractivity contribution in [3.8, 4) is 0 Å². The quantitative estimate of drug-likeness (QED) is 0.541. The van der Waals surface area contributed by atoms with Crippen LogP contribution in [0.25, 0.3) is 0 Å². The molecule has 0 aromatic carbocycles. The molecule has 0 aliphatic heterocycles. The van der Waals surface area contributed by atoms with Gasteiger partial charge in [-0.05, 0) is 19.3 Å². The van der Waals surface area contributed by atoms with Crippen molar-refractivity contribution in [3.05, 3.63) is 12.2 Å². The molecule has 6 nitrogen and oxygen atoms in total. The summed E-state index contributed by atoms with van der Waals surface area (Å²) in [4.78, 5) is 4.27. The molecular weight excluding hydrogens is 264 g/mol. The molecule has 6 heteroatoms. The van der Waals surface area contributed by atoms with Crippen LogP contribution in [0, 0.1) is 5.92 Å². The van der Waals surface area contributed by atoms with Crippen LogP contribution in [0.2, 0.25) is 0 Å². The molecule has 0 radical (unpaired) electrons. The minimum absolute atomic E-state index is 0.638. The lowest BCUT2D eigenvalue weighted by atomic mass is 9.99. The molecule has 2 N–H and O–H groups in total. The monoisotopic (exact) mass is 294 g/mol. The molecular formula is C15H30N6. The number of aromatic nitrogens is 3. The fraction of sp³-hybridized carbons (Fsp3) is 0.800. The van der Waals surface area contributed by atoms with Gasteiger partial charge in [-0.2, -0.15) is 0 Å². The van der Waals surface area contributed by atoms with Crippen LogP contribution in [0.4, 0.5) is 0 Å². The fourth-order valence-electron chi connectivity index (χ4n) is 2.25. The molecule has 1 rings (SSSR count). The minimum atomic E-state index is 0.638. The van der Waals surface area contributed by atoms with E-state index in [0.717, 1.165) is 24.9 Å². The number of aryl methyl sites for hydroxylation is 1. The summed E-state index contributed by atoms with van der Waals surface area (Å²) in [6.07, 6.45) is 6.79. The first-order valence-corrected chi connectivity index (χ1v) is 8.06. The van der Waals surface area contributed by atoms with E-state index in [0.29, 0.717) is 12.5 Å². The largest absolute Gasteiger partial charge is 0.356 e. The Morgan fingerprint density at radius 3 is 2.76 bits per heavy atom. The van der Waals surface area contributed by atoms with E-state index in [4.69, 9.17) is 0 Å². The first kappa shape index (κ1) is 17.5. The van der Waals surface area contributed by atoms with Gasteiger partial charge in [-0.3, -0.25) is 4.99 Å². The van der Waals surface area contributed by atoms with E-state index in [9.17, 15) is 0 Å². The second-order valence-corrected chi connectivity index (χ2v) is 5.26. The molecule has 0 spiro atoms. The van der Waals surface area contributed by atoms with Crippen LogP contribution in [0.15, 0.2) is 11.3 Å². The van der Waals surface area contributed by atoms with Crippen molar-refractivity contribution in [2.24, 2.45) is 10.9 Å². The van der Waals surface area contributed by atoms with Gasteiger partial charge in [0, 0.05) is 20.1 Å². The van der Waals surface area contributed by atoms with Crippen molar-refractivity contribution < 1.29 is 0 Å². The molecule has 1 aromatic rings. The van der Waals surface area contributed by atoms with Gasteiger partial charge >= 0.3 is 0 Å². The van der Waals surface area contributed by atoms with Gasteiger partial charge in [0.1, 0.15) is 6.33 Å². The third-order valence-corrected chi connectivity index (χ3v) is 3.78. The van der Waals surface area contributed by atoms with Crippen molar-refractivity contribution in [1.82, 2.24) is 25.4 Å². The topological polar surface area (TPSA) is 67.1 Å². The molecule has 0 saturated carbocycles. The summed E-state index contributed by atoms with van der Waals surface area (Å²) < 4.78 is 2.02. The smallest absolute Gasteiger partial charge is 0.191 e. The van der Waals surface area contributed by atoms with E-state index in [2.05, 4.69) is 46.6 Å². The van der Waals surface area contributed by atoms with Gasteiger partial charge in [0.25, 0.3) is 0 Å². The summed E-state index contributed by atoms with van der Waals surface area (Å²) in [6, 6.07) is 0. The molecule has 0 fully saturated rings. The van der Waals surface area contributed by atoms with Gasteiger partial charge in [0.05, 0.1) is 6.54 Å². The summed E-state index contributed by atoms with van der Waals surface area (Å²) in [6.45, 7) is 9.06. The highest BCUT2D eigenvalue weighted by Crippen LogP contribution is 2.11. The Bertz CT molecular complexity index is 412. The Morgan fingerprint density at radius 2 is 2.14 bits per heavy atom. The van der Waals surface area contributed by atoms with Crippen molar-refractivity contribution in [3.63, 3.8) is 0 Å². The highest BCUT2D eigenvalue weighted by Gasteiger charge is 2.08. The Labute approximate surface area is 128 Å². The van der Waals surface area contributed by atoms with Crippen molar-refractivity contribution in [2.45, 2.75) is 59.5 Å². The molecule has 1 unspecified atom stereocenters. The van der Waals surface area contributed by atoms with Gasteiger partial charge in [-0.25, -0.2) is 0 Å². The first-order valence-electron chi connectivity index (χ1n) is 8.06. The summed E-state index contributed by atoms with van der Waals surface area (Å²) in [7, 11) is 1.80. The van der Waals surface area contributed by atoms with Crippen LogP contribution < -0.4 is 10.6 Å². The molecule has 1 atom stereocenters. The van der Waals surface area contributed by atoms with Gasteiger partial charge < -0.3 is 15.2 Å². The van der Waals surface area contributed by atoms with E-state index in [-0.39, 0.29) is 0 Å². The van der Waals surface area contributed by atoms with Gasteiger partial charge in [0.2, 0.25) is 0 Å². The van der Waals surface area contributed by atoms with Gasteiger partial charge in [0.15, 0.2) is 11.8 Å². The van der Waals surface area contributed by atoms with E-state index < -0.39 is 0 Å². The molecule has 0 bridgehead atoms. The number of nitrogens with zero attached hydrogens (tertiary/aromatic N) is 4. The fourth-order valence-corrected chi connectivity index (χ4v) is 2.25. The van der Waals surface area contributed by atoms with Crippen LogP contribution in [0.3, 0.4) is 0 Å². The average molecular weight is 294 g/mol. The number of rotatable bonds is 9. The van der Waals surface area contributed by atoms with Crippen LogP contribution in [0.1, 0.15) is 52.3 Å². The van der Waals surface area contributed by atoms with Gasteiger partial charge in [-0.1, -0.05) is 33.1 Å². The maximum absolute atomic E-state index is 4.27. The van der Waals surface area contributed by atoms with E-state index in [1.54, 1.807) is 13.4 Å². The molecule has 0 amide bonds. The molecule has 0 aliphatic carbocycles. The van der Waals surface area contributed by atoms with E-state index in [1.807, 2.05) is 4.57 Å². The Hall–Kier alpha value is -1.59. The summed E-state index contributed by atoms with van der Waals surface area (Å²) >= 11 is 0. The van der Waals surface area contributed by atoms with E-state index >= 15 is 0 Å². The number of hydrogen-bond donors (Lipinski definition) is 2. The summed E-state index contributed by atoms with van der Waals surface area (Å²) in [5.41, 5.74) is 0. The van der Waals surface area contributed by atoms with Crippen LogP contribution in [-0.2, 0) is 13.1 Å². The predicted octanol–water partition coefficient (Wildman–Crippen LogP) is 2.18. The maximum atomic E-state index is 4.27. The molecule has 0 saturated heterocycles. The molecule has 1 heterocycles. The first-order chi connectivity index (χ1) is 10.2. The molecule has 1 aromatic heterocycles. The number of unbranched alkanes of at least 4 members (excludes halogenated alkanes) is 1. The number of hydrogen-bond acceptors (Lipinski definition) is 3. The Balaban J connectivity index is 2.38. The van der Waals surface area contributed by atoms with Crippen LogP contribution in [0.5, 0.6) is 0 Å². The van der Waals surface area contributed by atoms with Crippen molar-refractivity contribution >= 4 is 5.96 Å². The highest BCUT2D eigenvalue weighted by atomic mass is 15.3.